The van der Waals surface area contributed by atoms with Crippen LogP contribution in [0.5, 0.6) is 5.75 Å². The fourth-order valence-corrected chi connectivity index (χ4v) is 7.08. The average Bonchev–Trinajstić information content (AvgIpc) is 3.34. The van der Waals surface area contributed by atoms with E-state index in [4.69, 9.17) is 4.99 Å². The number of likely N-dealkylation sites (N-methyl/N-ethyl adjacent to an activating group) is 1. The number of aryl methyl sites for hydroxylation is 1. The number of nitrogens with zero attached hydrogens (tertiary/aromatic N) is 2. The lowest BCUT2D eigenvalue weighted by Gasteiger charge is -2.35. The second kappa shape index (κ2) is 10.1. The minimum atomic E-state index is -1.21. The topological polar surface area (TPSA) is 93.4 Å². The minimum absolute atomic E-state index is 0.0308. The predicted molar refractivity (Wildman–Crippen MR) is 129 cm³/mol. The van der Waals surface area contributed by atoms with Crippen molar-refractivity contribution in [1.82, 2.24) is 4.90 Å². The van der Waals surface area contributed by atoms with Crippen molar-refractivity contribution in [2.45, 2.75) is 70.0 Å². The van der Waals surface area contributed by atoms with Crippen LogP contribution in [-0.4, -0.2) is 73.3 Å². The number of hydrogen-bond acceptors (Lipinski definition) is 7. The Labute approximate surface area is 193 Å². The first-order chi connectivity index (χ1) is 14.7. The fraction of sp³-hybridized carbons (Fsp3) is 0.652. The molecule has 0 spiro atoms. The number of aliphatic imine (C=N–C) groups is 1. The summed E-state index contributed by atoms with van der Waals surface area (Å²) in [6, 6.07) is 5.50. The molecule has 2 aliphatic rings. The standard InChI is InChI=1S/C23H34N2O4S2/c1-5-6-7-9-14-10-8-11-17(26)18(14)20-24-15(12-30-20)21-25(4)16(13-31-21)19(27)23(2,3)22(28)29/h8,10-11,15-16,19,21,26-27H,5-7,9,12-13H2,1-4H3,(H,28,29)/t15-,16+,19-,21+/m1/s1. The van der Waals surface area contributed by atoms with Gasteiger partial charge in [0.05, 0.1) is 28.5 Å². The molecule has 0 amide bonds. The molecule has 0 radical (unpaired) electrons. The number of unbranched alkanes of at least 4 members (excludes halogenated alkanes) is 2. The van der Waals surface area contributed by atoms with Gasteiger partial charge in [-0.1, -0.05) is 31.9 Å². The third-order valence-electron chi connectivity index (χ3n) is 6.41. The average molecular weight is 467 g/mol. The number of aliphatic hydroxyl groups is 1. The van der Waals surface area contributed by atoms with E-state index in [1.165, 1.54) is 0 Å². The number of carbonyl (C=O) groups is 1. The molecule has 172 valence electrons. The summed E-state index contributed by atoms with van der Waals surface area (Å²) in [5, 5.41) is 31.8. The van der Waals surface area contributed by atoms with Crippen molar-refractivity contribution >= 4 is 34.5 Å². The van der Waals surface area contributed by atoms with Crippen LogP contribution in [0.15, 0.2) is 23.2 Å². The molecule has 0 aliphatic carbocycles. The molecule has 0 bridgehead atoms. The lowest BCUT2D eigenvalue weighted by atomic mass is 9.82. The second-order valence-corrected chi connectivity index (χ2v) is 11.2. The normalized spacial score (nSPS) is 25.6. The molecule has 8 heteroatoms. The van der Waals surface area contributed by atoms with Crippen LogP contribution in [0.2, 0.25) is 0 Å². The van der Waals surface area contributed by atoms with Crippen LogP contribution in [-0.2, 0) is 11.2 Å². The molecule has 0 unspecified atom stereocenters. The third-order valence-corrected chi connectivity index (χ3v) is 9.03. The highest BCUT2D eigenvalue weighted by Gasteiger charge is 2.48. The summed E-state index contributed by atoms with van der Waals surface area (Å²) in [6.07, 6.45) is 3.38. The van der Waals surface area contributed by atoms with Crippen LogP contribution in [0.4, 0.5) is 0 Å². The molecule has 4 atom stereocenters. The maximum absolute atomic E-state index is 11.6. The molecule has 2 heterocycles. The summed E-state index contributed by atoms with van der Waals surface area (Å²) in [4.78, 5) is 18.7. The van der Waals surface area contributed by atoms with Crippen LogP contribution in [0.25, 0.3) is 0 Å². The number of aliphatic carboxylic acids is 1. The van der Waals surface area contributed by atoms with Crippen LogP contribution in [0.3, 0.4) is 0 Å². The van der Waals surface area contributed by atoms with E-state index >= 15 is 0 Å². The first kappa shape index (κ1) is 24.4. The number of thioether (sulfide) groups is 2. The number of phenolic OH excluding ortho intramolecular Hbond substituents is 1. The van der Waals surface area contributed by atoms with Crippen molar-refractivity contribution < 1.29 is 20.1 Å². The van der Waals surface area contributed by atoms with Crippen LogP contribution < -0.4 is 0 Å². The van der Waals surface area contributed by atoms with Gasteiger partial charge < -0.3 is 15.3 Å². The molecule has 3 N–H and O–H groups in total. The van der Waals surface area contributed by atoms with Crippen molar-refractivity contribution in [3.63, 3.8) is 0 Å². The van der Waals surface area contributed by atoms with Crippen molar-refractivity contribution in [2.24, 2.45) is 10.4 Å². The molecule has 2 aliphatic heterocycles. The van der Waals surface area contributed by atoms with Gasteiger partial charge in [0.25, 0.3) is 0 Å². The molecule has 1 aromatic rings. The van der Waals surface area contributed by atoms with Gasteiger partial charge in [0.1, 0.15) is 10.8 Å². The van der Waals surface area contributed by atoms with Gasteiger partial charge in [-0.25, -0.2) is 0 Å². The molecule has 3 rings (SSSR count). The largest absolute Gasteiger partial charge is 0.507 e. The molecule has 6 nitrogen and oxygen atoms in total. The predicted octanol–water partition coefficient (Wildman–Crippen LogP) is 3.83. The first-order valence-corrected chi connectivity index (χ1v) is 13.0. The van der Waals surface area contributed by atoms with Crippen molar-refractivity contribution in [2.75, 3.05) is 18.6 Å². The Kier molecular flexibility index (Phi) is 8.00. The smallest absolute Gasteiger partial charge is 0.311 e. The number of benzene rings is 1. The highest BCUT2D eigenvalue weighted by molar-refractivity contribution is 8.14. The summed E-state index contributed by atoms with van der Waals surface area (Å²) in [5.74, 6) is 0.772. The van der Waals surface area contributed by atoms with Gasteiger partial charge in [-0.3, -0.25) is 14.7 Å². The van der Waals surface area contributed by atoms with E-state index in [1.54, 1.807) is 43.4 Å². The van der Waals surface area contributed by atoms with E-state index in [2.05, 4.69) is 17.9 Å². The molecular weight excluding hydrogens is 432 g/mol. The molecule has 0 aromatic heterocycles. The molecule has 0 saturated carbocycles. The Balaban J connectivity index is 1.76. The van der Waals surface area contributed by atoms with E-state index < -0.39 is 17.5 Å². The number of carboxylic acids is 1. The fourth-order valence-electron chi connectivity index (χ4n) is 4.20. The van der Waals surface area contributed by atoms with E-state index in [9.17, 15) is 20.1 Å². The number of hydrogen-bond donors (Lipinski definition) is 3. The van der Waals surface area contributed by atoms with Gasteiger partial charge in [0.15, 0.2) is 0 Å². The van der Waals surface area contributed by atoms with Gasteiger partial charge in [-0.15, -0.1) is 23.5 Å². The Morgan fingerprint density at radius 2 is 2.06 bits per heavy atom. The van der Waals surface area contributed by atoms with Gasteiger partial charge in [-0.2, -0.15) is 0 Å². The lowest BCUT2D eigenvalue weighted by molar-refractivity contribution is -0.155. The number of rotatable bonds is 9. The Bertz CT molecular complexity index is 830. The zero-order valence-electron chi connectivity index (χ0n) is 18.7. The molecule has 1 aromatic carbocycles. The number of carboxylic acid groups (broad SMARTS) is 1. The van der Waals surface area contributed by atoms with E-state index in [1.807, 2.05) is 13.1 Å². The van der Waals surface area contributed by atoms with Crippen molar-refractivity contribution in [3.05, 3.63) is 29.3 Å². The lowest BCUT2D eigenvalue weighted by Crippen LogP contribution is -2.52. The van der Waals surface area contributed by atoms with Crippen molar-refractivity contribution in [3.8, 4) is 5.75 Å². The maximum Gasteiger partial charge on any atom is 0.311 e. The highest BCUT2D eigenvalue weighted by atomic mass is 32.2. The number of phenols is 1. The van der Waals surface area contributed by atoms with E-state index in [0.29, 0.717) is 5.75 Å². The Hall–Kier alpha value is -1.22. The SMILES string of the molecule is CCCCCc1cccc(O)c1C1=N[C@@H]([C@@H]2SC[C@@H]([C@@H](O)C(C)(C)C(=O)O)N2C)CS1. The summed E-state index contributed by atoms with van der Waals surface area (Å²) >= 11 is 3.40. The second-order valence-electron chi connectivity index (χ2n) is 9.01. The Morgan fingerprint density at radius 1 is 1.32 bits per heavy atom. The van der Waals surface area contributed by atoms with E-state index in [0.717, 1.165) is 47.6 Å². The highest BCUT2D eigenvalue weighted by Crippen LogP contribution is 2.41. The molecule has 1 saturated heterocycles. The summed E-state index contributed by atoms with van der Waals surface area (Å²) in [5.41, 5.74) is 0.792. The molecule has 31 heavy (non-hydrogen) atoms. The summed E-state index contributed by atoms with van der Waals surface area (Å²) in [6.45, 7) is 5.33. The van der Waals surface area contributed by atoms with Gasteiger partial charge >= 0.3 is 5.97 Å². The number of aromatic hydroxyl groups is 1. The first-order valence-electron chi connectivity index (χ1n) is 10.9. The summed E-state index contributed by atoms with van der Waals surface area (Å²) in [7, 11) is 1.95. The zero-order valence-corrected chi connectivity index (χ0v) is 20.4. The maximum atomic E-state index is 11.6. The van der Waals surface area contributed by atoms with Crippen LogP contribution in [0.1, 0.15) is 51.2 Å². The number of aliphatic hydroxyl groups excluding tert-OH is 1. The van der Waals surface area contributed by atoms with E-state index in [-0.39, 0.29) is 23.2 Å². The van der Waals surface area contributed by atoms with Crippen molar-refractivity contribution in [1.29, 1.82) is 0 Å². The molecular formula is C23H34N2O4S2. The Morgan fingerprint density at radius 3 is 2.74 bits per heavy atom. The quantitative estimate of drug-likeness (QED) is 0.476. The van der Waals surface area contributed by atoms with Crippen LogP contribution >= 0.6 is 23.5 Å². The van der Waals surface area contributed by atoms with Gasteiger partial charge in [-0.05, 0) is 45.4 Å². The van der Waals surface area contributed by atoms with Gasteiger partial charge in [0.2, 0.25) is 0 Å². The molecule has 1 fully saturated rings. The third kappa shape index (κ3) is 5.07. The van der Waals surface area contributed by atoms with Gasteiger partial charge in [0, 0.05) is 17.5 Å². The zero-order chi connectivity index (χ0) is 22.8. The monoisotopic (exact) mass is 466 g/mol. The van der Waals surface area contributed by atoms with Crippen LogP contribution in [0, 0.1) is 5.41 Å². The summed E-state index contributed by atoms with van der Waals surface area (Å²) < 4.78 is 0. The minimum Gasteiger partial charge on any atom is -0.507 e.